The lowest BCUT2D eigenvalue weighted by Gasteiger charge is -2.42. The first-order valence-corrected chi connectivity index (χ1v) is 8.46. The second-order valence-electron chi connectivity index (χ2n) is 6.99. The quantitative estimate of drug-likeness (QED) is 0.922. The second kappa shape index (κ2) is 6.85. The van der Waals surface area contributed by atoms with E-state index in [-0.39, 0.29) is 12.0 Å². The fourth-order valence-electron chi connectivity index (χ4n) is 3.73. The van der Waals surface area contributed by atoms with Crippen molar-refractivity contribution in [1.82, 2.24) is 14.5 Å². The van der Waals surface area contributed by atoms with Crippen molar-refractivity contribution in [3.63, 3.8) is 0 Å². The van der Waals surface area contributed by atoms with Gasteiger partial charge >= 0.3 is 0 Å². The fourth-order valence-corrected chi connectivity index (χ4v) is 3.73. The lowest BCUT2D eigenvalue weighted by Crippen LogP contribution is -2.46. The Labute approximate surface area is 138 Å². The zero-order valence-corrected chi connectivity index (χ0v) is 14.2. The van der Waals surface area contributed by atoms with Gasteiger partial charge in [0.15, 0.2) is 0 Å². The first-order chi connectivity index (χ1) is 11.1. The monoisotopic (exact) mass is 313 g/mol. The standard InChI is InChI=1S/C19H27N3O/c1-16-20-12-18(21(16)2)13-22-10-6-9-19(14-22,15-23)11-17-7-4-3-5-8-17/h3-5,7-8,12,23H,6,9-11,13-15H2,1-2H3. The van der Waals surface area contributed by atoms with Crippen LogP contribution in [-0.2, 0) is 20.0 Å². The minimum Gasteiger partial charge on any atom is -0.396 e. The fraction of sp³-hybridized carbons (Fsp3) is 0.526. The molecule has 1 atom stereocenters. The molecule has 0 saturated carbocycles. The summed E-state index contributed by atoms with van der Waals surface area (Å²) >= 11 is 0. The van der Waals surface area contributed by atoms with Crippen LogP contribution in [0.3, 0.4) is 0 Å². The van der Waals surface area contributed by atoms with Crippen molar-refractivity contribution in [2.45, 2.75) is 32.7 Å². The van der Waals surface area contributed by atoms with Crippen LogP contribution in [0.1, 0.15) is 29.9 Å². The Hall–Kier alpha value is -1.65. The lowest BCUT2D eigenvalue weighted by molar-refractivity contribution is 0.0280. The van der Waals surface area contributed by atoms with Gasteiger partial charge in [0, 0.05) is 31.7 Å². The van der Waals surface area contributed by atoms with E-state index in [4.69, 9.17) is 0 Å². The summed E-state index contributed by atoms with van der Waals surface area (Å²) in [7, 11) is 2.07. The molecule has 1 aliphatic rings. The van der Waals surface area contributed by atoms with E-state index in [0.29, 0.717) is 0 Å². The van der Waals surface area contributed by atoms with Gasteiger partial charge in [-0.3, -0.25) is 4.90 Å². The van der Waals surface area contributed by atoms with Crippen LogP contribution in [0, 0.1) is 12.3 Å². The molecule has 0 bridgehead atoms. The molecule has 0 spiro atoms. The summed E-state index contributed by atoms with van der Waals surface area (Å²) in [5, 5.41) is 10.1. The topological polar surface area (TPSA) is 41.3 Å². The largest absolute Gasteiger partial charge is 0.396 e. The third kappa shape index (κ3) is 3.65. The average molecular weight is 313 g/mol. The Balaban J connectivity index is 1.71. The smallest absolute Gasteiger partial charge is 0.105 e. The summed E-state index contributed by atoms with van der Waals surface area (Å²) < 4.78 is 2.16. The highest BCUT2D eigenvalue weighted by atomic mass is 16.3. The van der Waals surface area contributed by atoms with Gasteiger partial charge in [0.05, 0.1) is 12.3 Å². The number of imidazole rings is 1. The van der Waals surface area contributed by atoms with E-state index < -0.39 is 0 Å². The molecule has 1 N–H and O–H groups in total. The average Bonchev–Trinajstić information content (AvgIpc) is 2.88. The number of aromatic nitrogens is 2. The maximum Gasteiger partial charge on any atom is 0.105 e. The second-order valence-corrected chi connectivity index (χ2v) is 6.99. The van der Waals surface area contributed by atoms with E-state index in [2.05, 4.69) is 45.8 Å². The molecule has 0 radical (unpaired) electrons. The van der Waals surface area contributed by atoms with E-state index in [1.165, 1.54) is 11.3 Å². The van der Waals surface area contributed by atoms with Crippen LogP contribution in [0.5, 0.6) is 0 Å². The van der Waals surface area contributed by atoms with E-state index in [1.54, 1.807) is 0 Å². The van der Waals surface area contributed by atoms with Gasteiger partial charge in [-0.2, -0.15) is 0 Å². The van der Waals surface area contributed by atoms with Gasteiger partial charge in [0.25, 0.3) is 0 Å². The molecule has 1 unspecified atom stereocenters. The van der Waals surface area contributed by atoms with Crippen molar-refractivity contribution in [2.75, 3.05) is 19.7 Å². The van der Waals surface area contributed by atoms with E-state index in [1.807, 2.05) is 19.2 Å². The van der Waals surface area contributed by atoms with Gasteiger partial charge in [-0.1, -0.05) is 30.3 Å². The van der Waals surface area contributed by atoms with Crippen LogP contribution >= 0.6 is 0 Å². The van der Waals surface area contributed by atoms with Crippen LogP contribution in [0.25, 0.3) is 0 Å². The number of piperidine rings is 1. The minimum atomic E-state index is -0.0206. The highest BCUT2D eigenvalue weighted by Crippen LogP contribution is 2.34. The zero-order chi connectivity index (χ0) is 16.3. The number of likely N-dealkylation sites (tertiary alicyclic amines) is 1. The summed E-state index contributed by atoms with van der Waals surface area (Å²) in [6, 6.07) is 10.5. The Morgan fingerprint density at radius 1 is 1.26 bits per heavy atom. The highest BCUT2D eigenvalue weighted by Gasteiger charge is 2.35. The van der Waals surface area contributed by atoms with Gasteiger partial charge in [0.2, 0.25) is 0 Å². The van der Waals surface area contributed by atoms with Crippen LogP contribution < -0.4 is 0 Å². The molecular formula is C19H27N3O. The normalized spacial score (nSPS) is 22.4. The van der Waals surface area contributed by atoms with E-state index in [9.17, 15) is 5.11 Å². The van der Waals surface area contributed by atoms with Crippen LogP contribution in [0.2, 0.25) is 0 Å². The van der Waals surface area contributed by atoms with Gasteiger partial charge in [-0.05, 0) is 38.3 Å². The van der Waals surface area contributed by atoms with Crippen LogP contribution in [0.4, 0.5) is 0 Å². The van der Waals surface area contributed by atoms with Gasteiger partial charge in [0.1, 0.15) is 5.82 Å². The molecule has 3 rings (SSSR count). The van der Waals surface area contributed by atoms with Crippen molar-refractivity contribution in [3.8, 4) is 0 Å². The Kier molecular flexibility index (Phi) is 4.83. The molecular weight excluding hydrogens is 286 g/mol. The molecule has 2 aromatic rings. The molecule has 4 heteroatoms. The number of rotatable bonds is 5. The van der Waals surface area contributed by atoms with Crippen LogP contribution in [-0.4, -0.2) is 39.3 Å². The maximum atomic E-state index is 10.1. The lowest BCUT2D eigenvalue weighted by atomic mass is 9.75. The predicted molar refractivity (Wildman–Crippen MR) is 92.1 cm³/mol. The third-order valence-corrected chi connectivity index (χ3v) is 5.20. The number of aryl methyl sites for hydroxylation is 1. The molecule has 0 aliphatic carbocycles. The van der Waals surface area contributed by atoms with Crippen molar-refractivity contribution in [3.05, 3.63) is 53.6 Å². The molecule has 1 saturated heterocycles. The van der Waals surface area contributed by atoms with Crippen LogP contribution in [0.15, 0.2) is 36.5 Å². The number of nitrogens with zero attached hydrogens (tertiary/aromatic N) is 3. The van der Waals surface area contributed by atoms with E-state index in [0.717, 1.165) is 44.7 Å². The minimum absolute atomic E-state index is 0.0206. The molecule has 2 heterocycles. The van der Waals surface area contributed by atoms with E-state index >= 15 is 0 Å². The molecule has 1 aromatic heterocycles. The number of aliphatic hydroxyl groups excluding tert-OH is 1. The van der Waals surface area contributed by atoms with Gasteiger partial charge in [-0.25, -0.2) is 4.98 Å². The SMILES string of the molecule is Cc1ncc(CN2CCCC(CO)(Cc3ccccc3)C2)n1C. The third-order valence-electron chi connectivity index (χ3n) is 5.20. The summed E-state index contributed by atoms with van der Waals surface area (Å²) in [5.41, 5.74) is 2.54. The van der Waals surface area contributed by atoms with Gasteiger partial charge in [-0.15, -0.1) is 0 Å². The maximum absolute atomic E-state index is 10.1. The number of aliphatic hydroxyl groups is 1. The zero-order valence-electron chi connectivity index (χ0n) is 14.2. The summed E-state index contributed by atoms with van der Waals surface area (Å²) in [6.07, 6.45) is 5.16. The van der Waals surface area contributed by atoms with Crippen molar-refractivity contribution < 1.29 is 5.11 Å². The molecule has 0 amide bonds. The summed E-state index contributed by atoms with van der Waals surface area (Å²) in [6.45, 7) is 5.24. The summed E-state index contributed by atoms with van der Waals surface area (Å²) in [4.78, 5) is 6.86. The number of benzene rings is 1. The molecule has 1 fully saturated rings. The predicted octanol–water partition coefficient (Wildman–Crippen LogP) is 2.55. The Morgan fingerprint density at radius 3 is 2.70 bits per heavy atom. The Morgan fingerprint density at radius 2 is 2.04 bits per heavy atom. The van der Waals surface area contributed by atoms with Crippen molar-refractivity contribution in [2.24, 2.45) is 12.5 Å². The summed E-state index contributed by atoms with van der Waals surface area (Å²) in [5.74, 6) is 1.05. The molecule has 124 valence electrons. The molecule has 23 heavy (non-hydrogen) atoms. The number of hydrogen-bond donors (Lipinski definition) is 1. The first kappa shape index (κ1) is 16.2. The van der Waals surface area contributed by atoms with Gasteiger partial charge < -0.3 is 9.67 Å². The van der Waals surface area contributed by atoms with Crippen molar-refractivity contribution >= 4 is 0 Å². The Bertz CT molecular complexity index is 637. The number of hydrogen-bond acceptors (Lipinski definition) is 3. The molecule has 4 nitrogen and oxygen atoms in total. The van der Waals surface area contributed by atoms with Crippen molar-refractivity contribution in [1.29, 1.82) is 0 Å². The first-order valence-electron chi connectivity index (χ1n) is 8.46. The highest BCUT2D eigenvalue weighted by molar-refractivity contribution is 5.17. The molecule has 1 aliphatic heterocycles. The molecule has 1 aromatic carbocycles.